The molecule has 20 heavy (non-hydrogen) atoms. The topological polar surface area (TPSA) is 19.0 Å². The van der Waals surface area contributed by atoms with Crippen LogP contribution in [0.2, 0.25) is 0 Å². The van der Waals surface area contributed by atoms with E-state index in [1.807, 2.05) is 0 Å². The van der Waals surface area contributed by atoms with E-state index in [4.69, 9.17) is 4.74 Å². The number of para-hydroxylation sites is 3. The Balaban J connectivity index is 1.70. The minimum Gasteiger partial charge on any atom is -0.368 e. The molecule has 0 amide bonds. The van der Waals surface area contributed by atoms with E-state index >= 15 is 0 Å². The first-order chi connectivity index (χ1) is 9.75. The van der Waals surface area contributed by atoms with Crippen molar-refractivity contribution in [1.29, 1.82) is 0 Å². The molecule has 0 radical (unpaired) electrons. The molecule has 0 aromatic heterocycles. The fourth-order valence-electron chi connectivity index (χ4n) is 2.86. The van der Waals surface area contributed by atoms with Gasteiger partial charge in [0, 0.05) is 5.69 Å². The summed E-state index contributed by atoms with van der Waals surface area (Å²) in [6.45, 7) is 4.90. The summed E-state index contributed by atoms with van der Waals surface area (Å²) in [5, 5.41) is 0. The van der Waals surface area contributed by atoms with Crippen LogP contribution in [0.5, 0.6) is 0 Å². The third-order valence-corrected chi connectivity index (χ3v) is 4.06. The van der Waals surface area contributed by atoms with E-state index in [2.05, 4.69) is 71.3 Å². The van der Waals surface area contributed by atoms with Gasteiger partial charge >= 0.3 is 0 Å². The van der Waals surface area contributed by atoms with Crippen LogP contribution < -0.4 is 9.80 Å². The third kappa shape index (κ3) is 1.95. The highest BCUT2D eigenvalue weighted by atomic mass is 16.6. The van der Waals surface area contributed by atoms with Gasteiger partial charge in [-0.15, -0.1) is 0 Å². The van der Waals surface area contributed by atoms with Gasteiger partial charge in [0.05, 0.1) is 31.2 Å². The van der Waals surface area contributed by atoms with Crippen molar-refractivity contribution in [2.75, 3.05) is 29.6 Å². The Hall–Kier alpha value is -2.00. The lowest BCUT2D eigenvalue weighted by Crippen LogP contribution is -2.35. The molecule has 3 nitrogen and oxygen atoms in total. The van der Waals surface area contributed by atoms with E-state index in [1.165, 1.54) is 17.1 Å². The lowest BCUT2D eigenvalue weighted by atomic mass is 10.2. The summed E-state index contributed by atoms with van der Waals surface area (Å²) >= 11 is 0. The smallest absolute Gasteiger partial charge is 0.106 e. The molecular weight excluding hydrogens is 248 g/mol. The van der Waals surface area contributed by atoms with Crippen LogP contribution in [0.1, 0.15) is 6.92 Å². The van der Waals surface area contributed by atoms with Crippen LogP contribution in [-0.2, 0) is 4.74 Å². The number of anilines is 3. The van der Waals surface area contributed by atoms with Crippen LogP contribution >= 0.6 is 0 Å². The fourth-order valence-corrected chi connectivity index (χ4v) is 2.86. The Bertz CT molecular complexity index is 622. The highest BCUT2D eigenvalue weighted by Gasteiger charge is 2.43. The predicted molar refractivity (Wildman–Crippen MR) is 81.6 cm³/mol. The van der Waals surface area contributed by atoms with E-state index in [9.17, 15) is 0 Å². The molecule has 2 aromatic carbocycles. The number of benzene rings is 2. The molecule has 102 valence electrons. The number of hydrogen-bond acceptors (Lipinski definition) is 3. The molecule has 1 atom stereocenters. The Kier molecular flexibility index (Phi) is 2.51. The molecule has 0 N–H and O–H groups in total. The average molecular weight is 266 g/mol. The Morgan fingerprint density at radius 1 is 1.00 bits per heavy atom. The lowest BCUT2D eigenvalue weighted by Gasteiger charge is -2.23. The molecule has 0 aliphatic carbocycles. The van der Waals surface area contributed by atoms with Crippen molar-refractivity contribution >= 4 is 17.1 Å². The van der Waals surface area contributed by atoms with Gasteiger partial charge in [0.1, 0.15) is 5.60 Å². The van der Waals surface area contributed by atoms with Gasteiger partial charge in [0.15, 0.2) is 0 Å². The Morgan fingerprint density at radius 3 is 2.35 bits per heavy atom. The molecule has 1 fully saturated rings. The fraction of sp³-hybridized carbons (Fsp3) is 0.294. The summed E-state index contributed by atoms with van der Waals surface area (Å²) in [6.07, 6.45) is 0. The first-order valence-electron chi connectivity index (χ1n) is 7.06. The monoisotopic (exact) mass is 266 g/mol. The highest BCUT2D eigenvalue weighted by Crippen LogP contribution is 2.42. The van der Waals surface area contributed by atoms with Gasteiger partial charge in [-0.05, 0) is 31.2 Å². The highest BCUT2D eigenvalue weighted by molar-refractivity contribution is 5.82. The van der Waals surface area contributed by atoms with Crippen molar-refractivity contribution < 1.29 is 4.74 Å². The van der Waals surface area contributed by atoms with E-state index in [1.54, 1.807) is 0 Å². The van der Waals surface area contributed by atoms with Crippen LogP contribution in [0.25, 0.3) is 0 Å². The maximum Gasteiger partial charge on any atom is 0.106 e. The minimum atomic E-state index is 0.0415. The first-order valence-corrected chi connectivity index (χ1v) is 7.06. The van der Waals surface area contributed by atoms with E-state index in [0.717, 1.165) is 19.8 Å². The van der Waals surface area contributed by atoms with Crippen molar-refractivity contribution in [2.24, 2.45) is 0 Å². The van der Waals surface area contributed by atoms with Gasteiger partial charge < -0.3 is 14.5 Å². The van der Waals surface area contributed by atoms with E-state index < -0.39 is 0 Å². The number of hydrogen-bond donors (Lipinski definition) is 0. The quantitative estimate of drug-likeness (QED) is 0.794. The summed E-state index contributed by atoms with van der Waals surface area (Å²) in [6, 6.07) is 19.2. The summed E-state index contributed by atoms with van der Waals surface area (Å²) in [4.78, 5) is 4.77. The SMILES string of the molecule is CC1(CN2CN(c3ccccc3)c3ccccc32)CO1. The molecule has 1 saturated heterocycles. The molecule has 0 bridgehead atoms. The number of nitrogens with zero attached hydrogens (tertiary/aromatic N) is 2. The number of fused-ring (bicyclic) bond motifs is 1. The van der Waals surface area contributed by atoms with Crippen LogP contribution in [0, 0.1) is 0 Å². The molecule has 2 aliphatic heterocycles. The van der Waals surface area contributed by atoms with Crippen LogP contribution in [-0.4, -0.2) is 25.4 Å². The summed E-state index contributed by atoms with van der Waals surface area (Å²) < 4.78 is 5.55. The van der Waals surface area contributed by atoms with E-state index in [-0.39, 0.29) is 5.60 Å². The second-order valence-electron chi connectivity index (χ2n) is 5.83. The summed E-state index contributed by atoms with van der Waals surface area (Å²) in [5.41, 5.74) is 3.86. The maximum absolute atomic E-state index is 5.55. The minimum absolute atomic E-state index is 0.0415. The zero-order valence-electron chi connectivity index (χ0n) is 11.6. The molecule has 0 spiro atoms. The van der Waals surface area contributed by atoms with Gasteiger partial charge in [-0.3, -0.25) is 0 Å². The lowest BCUT2D eigenvalue weighted by molar-refractivity contribution is 0.325. The molecular formula is C17H18N2O. The standard InChI is InChI=1S/C17H18N2O/c1-17(12-20-17)11-18-13-19(14-7-3-2-4-8-14)16-10-6-5-9-15(16)18/h2-10H,11-13H2,1H3. The second-order valence-corrected chi connectivity index (χ2v) is 5.83. The molecule has 2 aromatic rings. The molecule has 4 rings (SSSR count). The third-order valence-electron chi connectivity index (χ3n) is 4.06. The zero-order chi connectivity index (χ0) is 13.6. The van der Waals surface area contributed by atoms with Crippen molar-refractivity contribution in [3.8, 4) is 0 Å². The molecule has 2 aliphatic rings. The van der Waals surface area contributed by atoms with Crippen molar-refractivity contribution in [1.82, 2.24) is 0 Å². The van der Waals surface area contributed by atoms with Crippen molar-refractivity contribution in [2.45, 2.75) is 12.5 Å². The second kappa shape index (κ2) is 4.25. The van der Waals surface area contributed by atoms with Crippen LogP contribution in [0.4, 0.5) is 17.1 Å². The summed E-state index contributed by atoms with van der Waals surface area (Å²) in [5.74, 6) is 0. The van der Waals surface area contributed by atoms with Gasteiger partial charge in [-0.2, -0.15) is 0 Å². The normalized spacial score (nSPS) is 23.9. The largest absolute Gasteiger partial charge is 0.368 e. The first kappa shape index (κ1) is 11.8. The van der Waals surface area contributed by atoms with Crippen molar-refractivity contribution in [3.63, 3.8) is 0 Å². The van der Waals surface area contributed by atoms with Crippen LogP contribution in [0.15, 0.2) is 54.6 Å². The van der Waals surface area contributed by atoms with Crippen molar-refractivity contribution in [3.05, 3.63) is 54.6 Å². The zero-order valence-corrected chi connectivity index (χ0v) is 11.6. The average Bonchev–Trinajstić information content (AvgIpc) is 3.10. The maximum atomic E-state index is 5.55. The molecule has 2 heterocycles. The number of epoxide rings is 1. The molecule has 3 heteroatoms. The molecule has 1 unspecified atom stereocenters. The van der Waals surface area contributed by atoms with Gasteiger partial charge in [-0.25, -0.2) is 0 Å². The predicted octanol–water partition coefficient (Wildman–Crippen LogP) is 3.39. The Morgan fingerprint density at radius 2 is 1.65 bits per heavy atom. The van der Waals surface area contributed by atoms with Gasteiger partial charge in [-0.1, -0.05) is 30.3 Å². The van der Waals surface area contributed by atoms with Gasteiger partial charge in [0.25, 0.3) is 0 Å². The van der Waals surface area contributed by atoms with Gasteiger partial charge in [0.2, 0.25) is 0 Å². The van der Waals surface area contributed by atoms with E-state index in [0.29, 0.717) is 0 Å². The molecule has 0 saturated carbocycles. The Labute approximate surface area is 119 Å². The summed E-state index contributed by atoms with van der Waals surface area (Å²) in [7, 11) is 0. The number of rotatable bonds is 3. The number of ether oxygens (including phenoxy) is 1. The van der Waals surface area contributed by atoms with Crippen LogP contribution in [0.3, 0.4) is 0 Å².